The molecule has 1 aromatic rings. The van der Waals surface area contributed by atoms with Gasteiger partial charge in [0.15, 0.2) is 0 Å². The molecule has 2 atom stereocenters. The minimum atomic E-state index is -0.252. The molecule has 1 fully saturated rings. The Labute approximate surface area is 95.2 Å². The van der Waals surface area contributed by atoms with Crippen LogP contribution in [0.1, 0.15) is 19.4 Å². The van der Waals surface area contributed by atoms with Gasteiger partial charge in [-0.05, 0) is 32.4 Å². The van der Waals surface area contributed by atoms with E-state index in [1.165, 1.54) is 6.20 Å². The fourth-order valence-electron chi connectivity index (χ4n) is 2.06. The van der Waals surface area contributed by atoms with E-state index in [9.17, 15) is 4.39 Å². The van der Waals surface area contributed by atoms with Crippen LogP contribution in [0.25, 0.3) is 0 Å². The Hall–Kier alpha value is -1.16. The van der Waals surface area contributed by atoms with Gasteiger partial charge in [0, 0.05) is 13.1 Å². The lowest BCUT2D eigenvalue weighted by Gasteiger charge is -2.36. The van der Waals surface area contributed by atoms with Crippen LogP contribution in [0.3, 0.4) is 0 Å². The highest BCUT2D eigenvalue weighted by atomic mass is 19.1. The van der Waals surface area contributed by atoms with Crippen LogP contribution >= 0.6 is 0 Å². The van der Waals surface area contributed by atoms with Crippen molar-refractivity contribution in [1.29, 1.82) is 0 Å². The number of ether oxygens (including phenoxy) is 1. The molecule has 1 aromatic heterocycles. The number of morpholine rings is 1. The maximum atomic E-state index is 13.1. The van der Waals surface area contributed by atoms with E-state index in [1.807, 2.05) is 13.8 Å². The molecule has 0 unspecified atom stereocenters. The van der Waals surface area contributed by atoms with Gasteiger partial charge in [-0.3, -0.25) is 0 Å². The topological polar surface area (TPSA) is 25.4 Å². The van der Waals surface area contributed by atoms with Crippen LogP contribution in [0.15, 0.2) is 12.3 Å². The van der Waals surface area contributed by atoms with Gasteiger partial charge in [0.25, 0.3) is 0 Å². The number of pyridine rings is 1. The molecule has 16 heavy (non-hydrogen) atoms. The SMILES string of the molecule is Cc1cc(N2C[C@@H](C)O[C@@H](C)C2)ncc1F. The maximum absolute atomic E-state index is 13.1. The monoisotopic (exact) mass is 224 g/mol. The van der Waals surface area contributed by atoms with Crippen molar-refractivity contribution in [2.75, 3.05) is 18.0 Å². The van der Waals surface area contributed by atoms with Crippen LogP contribution in [0.2, 0.25) is 0 Å². The number of rotatable bonds is 1. The largest absolute Gasteiger partial charge is 0.372 e. The molecular weight excluding hydrogens is 207 g/mol. The molecule has 4 heteroatoms. The second kappa shape index (κ2) is 4.37. The third-order valence-corrected chi connectivity index (χ3v) is 2.78. The van der Waals surface area contributed by atoms with E-state index >= 15 is 0 Å². The van der Waals surface area contributed by atoms with Crippen molar-refractivity contribution in [1.82, 2.24) is 4.98 Å². The first kappa shape index (κ1) is 11.3. The molecule has 0 bridgehead atoms. The lowest BCUT2D eigenvalue weighted by atomic mass is 10.2. The fourth-order valence-corrected chi connectivity index (χ4v) is 2.06. The van der Waals surface area contributed by atoms with Gasteiger partial charge in [-0.15, -0.1) is 0 Å². The van der Waals surface area contributed by atoms with Crippen LogP contribution in [-0.2, 0) is 4.74 Å². The zero-order chi connectivity index (χ0) is 11.7. The van der Waals surface area contributed by atoms with Crippen molar-refractivity contribution >= 4 is 5.82 Å². The smallest absolute Gasteiger partial charge is 0.144 e. The summed E-state index contributed by atoms with van der Waals surface area (Å²) in [5.41, 5.74) is 0.636. The maximum Gasteiger partial charge on any atom is 0.144 e. The predicted octanol–water partition coefficient (Wildman–Crippen LogP) is 2.14. The second-order valence-corrected chi connectivity index (χ2v) is 4.45. The lowest BCUT2D eigenvalue weighted by Crippen LogP contribution is -2.45. The third kappa shape index (κ3) is 2.32. The van der Waals surface area contributed by atoms with Gasteiger partial charge in [0.2, 0.25) is 0 Å². The molecule has 0 spiro atoms. The summed E-state index contributed by atoms with van der Waals surface area (Å²) in [5, 5.41) is 0. The second-order valence-electron chi connectivity index (χ2n) is 4.45. The average Bonchev–Trinajstić information content (AvgIpc) is 2.20. The van der Waals surface area contributed by atoms with Crippen LogP contribution in [0.4, 0.5) is 10.2 Å². The molecule has 2 heterocycles. The van der Waals surface area contributed by atoms with Gasteiger partial charge >= 0.3 is 0 Å². The van der Waals surface area contributed by atoms with Crippen molar-refractivity contribution in [2.24, 2.45) is 0 Å². The molecule has 1 aliphatic rings. The minimum Gasteiger partial charge on any atom is -0.372 e. The number of aryl methyl sites for hydroxylation is 1. The molecule has 88 valence electrons. The van der Waals surface area contributed by atoms with Crippen LogP contribution in [-0.4, -0.2) is 30.3 Å². The molecule has 0 aromatic carbocycles. The normalized spacial score (nSPS) is 25.9. The van der Waals surface area contributed by atoms with Crippen molar-refractivity contribution < 1.29 is 9.13 Å². The quantitative estimate of drug-likeness (QED) is 0.730. The Balaban J connectivity index is 2.19. The number of nitrogens with zero attached hydrogens (tertiary/aromatic N) is 2. The van der Waals surface area contributed by atoms with E-state index < -0.39 is 0 Å². The van der Waals surface area contributed by atoms with E-state index in [4.69, 9.17) is 4.74 Å². The summed E-state index contributed by atoms with van der Waals surface area (Å²) in [7, 11) is 0. The van der Waals surface area contributed by atoms with Gasteiger partial charge in [0.1, 0.15) is 11.6 Å². The van der Waals surface area contributed by atoms with Gasteiger partial charge in [0.05, 0.1) is 18.4 Å². The van der Waals surface area contributed by atoms with Crippen molar-refractivity contribution in [3.05, 3.63) is 23.6 Å². The Morgan fingerprint density at radius 1 is 1.38 bits per heavy atom. The lowest BCUT2D eigenvalue weighted by molar-refractivity contribution is -0.00546. The van der Waals surface area contributed by atoms with Gasteiger partial charge in [-0.25, -0.2) is 9.37 Å². The summed E-state index contributed by atoms with van der Waals surface area (Å²) in [6.45, 7) is 7.46. The fraction of sp³-hybridized carbons (Fsp3) is 0.583. The Morgan fingerprint density at radius 2 is 2.00 bits per heavy atom. The molecule has 0 radical (unpaired) electrons. The molecule has 2 rings (SSSR count). The van der Waals surface area contributed by atoms with E-state index in [2.05, 4.69) is 9.88 Å². The molecular formula is C12H17FN2O. The third-order valence-electron chi connectivity index (χ3n) is 2.78. The predicted molar refractivity (Wildman–Crippen MR) is 61.2 cm³/mol. The molecule has 1 aliphatic heterocycles. The Morgan fingerprint density at radius 3 is 2.56 bits per heavy atom. The zero-order valence-corrected chi connectivity index (χ0v) is 9.90. The first-order chi connectivity index (χ1) is 7.56. The number of hydrogen-bond donors (Lipinski definition) is 0. The first-order valence-electron chi connectivity index (χ1n) is 5.59. The molecule has 1 saturated heterocycles. The summed E-state index contributed by atoms with van der Waals surface area (Å²) in [5.74, 6) is 0.582. The molecule has 0 amide bonds. The van der Waals surface area contributed by atoms with E-state index in [0.29, 0.717) is 5.56 Å². The van der Waals surface area contributed by atoms with E-state index in [0.717, 1.165) is 18.9 Å². The summed E-state index contributed by atoms with van der Waals surface area (Å²) >= 11 is 0. The van der Waals surface area contributed by atoms with Crippen LogP contribution in [0, 0.1) is 12.7 Å². The van der Waals surface area contributed by atoms with Gasteiger partial charge in [-0.1, -0.05) is 0 Å². The number of hydrogen-bond acceptors (Lipinski definition) is 3. The highest BCUT2D eigenvalue weighted by Crippen LogP contribution is 2.19. The molecule has 0 saturated carbocycles. The molecule has 0 aliphatic carbocycles. The molecule has 0 N–H and O–H groups in total. The standard InChI is InChI=1S/C12H17FN2O/c1-8-4-12(14-5-11(8)13)15-6-9(2)16-10(3)7-15/h4-5,9-10H,6-7H2,1-3H3/t9-,10+. The summed E-state index contributed by atoms with van der Waals surface area (Å²) < 4.78 is 18.8. The number of anilines is 1. The minimum absolute atomic E-state index is 0.191. The van der Waals surface area contributed by atoms with Crippen LogP contribution in [0.5, 0.6) is 0 Å². The Bertz CT molecular complexity index is 373. The summed E-state index contributed by atoms with van der Waals surface area (Å²) in [6, 6.07) is 1.79. The van der Waals surface area contributed by atoms with Gasteiger partial charge < -0.3 is 9.64 Å². The van der Waals surface area contributed by atoms with Gasteiger partial charge in [-0.2, -0.15) is 0 Å². The van der Waals surface area contributed by atoms with E-state index in [1.54, 1.807) is 13.0 Å². The average molecular weight is 224 g/mol. The van der Waals surface area contributed by atoms with Crippen LogP contribution < -0.4 is 4.90 Å². The number of halogens is 1. The summed E-state index contributed by atoms with van der Waals surface area (Å²) in [6.07, 6.45) is 1.67. The van der Waals surface area contributed by atoms with E-state index in [-0.39, 0.29) is 18.0 Å². The highest BCUT2D eigenvalue weighted by molar-refractivity contribution is 5.41. The highest BCUT2D eigenvalue weighted by Gasteiger charge is 2.23. The zero-order valence-electron chi connectivity index (χ0n) is 9.90. The van der Waals surface area contributed by atoms with Crippen molar-refractivity contribution in [3.63, 3.8) is 0 Å². The number of aromatic nitrogens is 1. The molecule has 3 nitrogen and oxygen atoms in total. The Kier molecular flexibility index (Phi) is 3.10. The first-order valence-corrected chi connectivity index (χ1v) is 5.59. The summed E-state index contributed by atoms with van der Waals surface area (Å²) in [4.78, 5) is 6.27. The van der Waals surface area contributed by atoms with Crippen molar-refractivity contribution in [3.8, 4) is 0 Å². The van der Waals surface area contributed by atoms with Crippen molar-refractivity contribution in [2.45, 2.75) is 33.0 Å².